The zero-order valence-electron chi connectivity index (χ0n) is 17.2. The van der Waals surface area contributed by atoms with Gasteiger partial charge in [-0.25, -0.2) is 0 Å². The van der Waals surface area contributed by atoms with Gasteiger partial charge in [-0.1, -0.05) is 102 Å². The van der Waals surface area contributed by atoms with Crippen molar-refractivity contribution in [3.8, 4) is 33.5 Å². The summed E-state index contributed by atoms with van der Waals surface area (Å²) in [7, 11) is 0. The summed E-state index contributed by atoms with van der Waals surface area (Å²) in [5.74, 6) is 0. The van der Waals surface area contributed by atoms with E-state index in [0.717, 1.165) is 11.3 Å². The number of hydrogen-bond donors (Lipinski definition) is 0. The zero-order valence-corrected chi connectivity index (χ0v) is 19.6. The zero-order chi connectivity index (χ0) is 20.4. The molecule has 1 heterocycles. The van der Waals surface area contributed by atoms with Crippen LogP contribution in [-0.4, -0.2) is 4.98 Å². The molecule has 1 spiro atoms. The molecular weight excluding hydrogens is 567 g/mol. The van der Waals surface area contributed by atoms with Crippen molar-refractivity contribution in [3.05, 3.63) is 138 Å². The van der Waals surface area contributed by atoms with Crippen LogP contribution < -0.4 is 0 Å². The van der Waals surface area contributed by atoms with Gasteiger partial charge in [0, 0.05) is 31.7 Å². The second-order valence-corrected chi connectivity index (χ2v) is 8.28. The van der Waals surface area contributed by atoms with Gasteiger partial charge in [-0.15, -0.1) is 29.3 Å². The van der Waals surface area contributed by atoms with Crippen LogP contribution >= 0.6 is 0 Å². The van der Waals surface area contributed by atoms with E-state index in [1.807, 2.05) is 6.20 Å². The molecule has 2 aliphatic rings. The van der Waals surface area contributed by atoms with Gasteiger partial charge in [0.05, 0.1) is 0 Å². The normalized spacial score (nSPS) is 13.6. The second-order valence-electron chi connectivity index (χ2n) is 8.28. The van der Waals surface area contributed by atoms with Gasteiger partial charge in [-0.05, 0) is 34.0 Å². The van der Waals surface area contributed by atoms with Gasteiger partial charge in [0.1, 0.15) is 0 Å². The number of aromatic nitrogens is 1. The molecule has 7 rings (SSSR count). The Bertz CT molecular complexity index is 1420. The van der Waals surface area contributed by atoms with E-state index in [1.54, 1.807) is 0 Å². The number of fused-ring (bicyclic) bond motifs is 10. The van der Waals surface area contributed by atoms with E-state index < -0.39 is 0 Å². The fraction of sp³-hybridized carbons (Fsp3) is 0.0333. The monoisotopic (exact) mass is 585 g/mol. The minimum absolute atomic E-state index is 0. The maximum Gasteiger partial charge on any atom is 0.0314 e. The number of pyridine rings is 1. The van der Waals surface area contributed by atoms with E-state index in [1.165, 1.54) is 44.5 Å². The standard InChI is InChI=1S/C30H18N.Ir/c1-2-9-20(10-3-1)21-16-17-24-28(19-21)30(27-15-8-18-31-29(24)27)25-13-6-4-11-22(25)23-12-5-7-14-26(23)30;/h1-16,18-19H;/q-1;. The summed E-state index contributed by atoms with van der Waals surface area (Å²) >= 11 is 0. The van der Waals surface area contributed by atoms with Gasteiger partial charge in [-0.2, -0.15) is 0 Å². The van der Waals surface area contributed by atoms with Crippen LogP contribution in [0, 0.1) is 6.07 Å². The van der Waals surface area contributed by atoms with Gasteiger partial charge < -0.3 is 4.98 Å². The van der Waals surface area contributed by atoms with E-state index >= 15 is 0 Å². The Labute approximate surface area is 201 Å². The fourth-order valence-electron chi connectivity index (χ4n) is 5.65. The second kappa shape index (κ2) is 7.10. The van der Waals surface area contributed by atoms with Gasteiger partial charge in [-0.3, -0.25) is 0 Å². The van der Waals surface area contributed by atoms with Gasteiger partial charge in [0.25, 0.3) is 0 Å². The molecule has 1 nitrogen and oxygen atoms in total. The summed E-state index contributed by atoms with van der Waals surface area (Å²) in [4.78, 5) is 4.84. The van der Waals surface area contributed by atoms with Crippen molar-refractivity contribution >= 4 is 0 Å². The van der Waals surface area contributed by atoms with E-state index in [0.29, 0.717) is 0 Å². The van der Waals surface area contributed by atoms with Crippen molar-refractivity contribution in [2.45, 2.75) is 5.41 Å². The number of benzene rings is 4. The minimum atomic E-state index is -0.354. The maximum atomic E-state index is 4.84. The fourth-order valence-corrected chi connectivity index (χ4v) is 5.65. The van der Waals surface area contributed by atoms with Crippen molar-refractivity contribution in [3.63, 3.8) is 0 Å². The number of nitrogens with zero attached hydrogens (tertiary/aromatic N) is 1. The van der Waals surface area contributed by atoms with Crippen LogP contribution in [-0.2, 0) is 25.5 Å². The summed E-state index contributed by atoms with van der Waals surface area (Å²) in [6.45, 7) is 0. The minimum Gasteiger partial charge on any atom is -0.304 e. The molecule has 4 aromatic carbocycles. The van der Waals surface area contributed by atoms with Crippen LogP contribution in [0.25, 0.3) is 33.5 Å². The topological polar surface area (TPSA) is 12.9 Å². The summed E-state index contributed by atoms with van der Waals surface area (Å²) in [6.07, 6.45) is 1.90. The summed E-state index contributed by atoms with van der Waals surface area (Å²) in [6, 6.07) is 40.7. The molecule has 0 fully saturated rings. The van der Waals surface area contributed by atoms with E-state index in [4.69, 9.17) is 4.98 Å². The van der Waals surface area contributed by atoms with Crippen LogP contribution in [0.1, 0.15) is 22.3 Å². The Balaban J connectivity index is 0.00000196. The molecule has 0 amide bonds. The Hall–Kier alpha value is -3.32. The molecular formula is C30H18IrN-. The molecule has 0 saturated heterocycles. The van der Waals surface area contributed by atoms with E-state index in [2.05, 4.69) is 109 Å². The summed E-state index contributed by atoms with van der Waals surface area (Å²) in [5, 5.41) is 0. The third-order valence-corrected chi connectivity index (χ3v) is 6.85. The predicted molar refractivity (Wildman–Crippen MR) is 125 cm³/mol. The van der Waals surface area contributed by atoms with Crippen LogP contribution in [0.15, 0.2) is 109 Å². The average molecular weight is 585 g/mol. The Morgan fingerprint density at radius 3 is 1.94 bits per heavy atom. The summed E-state index contributed by atoms with van der Waals surface area (Å²) in [5.41, 5.74) is 12.0. The Morgan fingerprint density at radius 1 is 0.594 bits per heavy atom. The first-order valence-electron chi connectivity index (χ1n) is 10.7. The van der Waals surface area contributed by atoms with Gasteiger partial charge >= 0.3 is 0 Å². The molecule has 0 saturated carbocycles. The first-order valence-corrected chi connectivity index (χ1v) is 10.7. The van der Waals surface area contributed by atoms with E-state index in [-0.39, 0.29) is 25.5 Å². The predicted octanol–water partition coefficient (Wildman–Crippen LogP) is 6.89. The van der Waals surface area contributed by atoms with Gasteiger partial charge in [0.15, 0.2) is 0 Å². The Kier molecular flexibility index (Phi) is 4.30. The molecule has 1 aromatic heterocycles. The molecule has 2 heteroatoms. The molecule has 1 radical (unpaired) electrons. The number of hydrogen-bond acceptors (Lipinski definition) is 1. The van der Waals surface area contributed by atoms with Crippen molar-refractivity contribution in [1.82, 2.24) is 4.98 Å². The molecule has 0 aliphatic heterocycles. The SMILES string of the molecule is [Ir].[c-]1cc(-c2ccccc2)cc2c1-c1ncccc1C21c2ccccc2-c2ccccc21. The van der Waals surface area contributed by atoms with Crippen molar-refractivity contribution in [2.75, 3.05) is 0 Å². The molecule has 0 atom stereocenters. The quantitative estimate of drug-likeness (QED) is 0.192. The Morgan fingerprint density at radius 2 is 1.22 bits per heavy atom. The van der Waals surface area contributed by atoms with Crippen LogP contribution in [0.2, 0.25) is 0 Å². The first kappa shape index (κ1) is 19.4. The largest absolute Gasteiger partial charge is 0.304 e. The average Bonchev–Trinajstić information content (AvgIpc) is 3.32. The van der Waals surface area contributed by atoms with Gasteiger partial charge in [0.2, 0.25) is 0 Å². The molecule has 5 aromatic rings. The third-order valence-electron chi connectivity index (χ3n) is 6.85. The third kappa shape index (κ3) is 2.34. The molecule has 0 bridgehead atoms. The van der Waals surface area contributed by atoms with Crippen LogP contribution in [0.4, 0.5) is 0 Å². The maximum absolute atomic E-state index is 4.84. The molecule has 0 unspecified atom stereocenters. The van der Waals surface area contributed by atoms with E-state index in [9.17, 15) is 0 Å². The van der Waals surface area contributed by atoms with Crippen LogP contribution in [0.5, 0.6) is 0 Å². The molecule has 153 valence electrons. The molecule has 32 heavy (non-hydrogen) atoms. The summed E-state index contributed by atoms with van der Waals surface area (Å²) < 4.78 is 0. The van der Waals surface area contributed by atoms with Crippen LogP contribution in [0.3, 0.4) is 0 Å². The first-order chi connectivity index (χ1) is 15.4. The smallest absolute Gasteiger partial charge is 0.0314 e. The molecule has 2 aliphatic carbocycles. The van der Waals surface area contributed by atoms with Crippen molar-refractivity contribution in [2.24, 2.45) is 0 Å². The van der Waals surface area contributed by atoms with Crippen molar-refractivity contribution in [1.29, 1.82) is 0 Å². The number of rotatable bonds is 1. The van der Waals surface area contributed by atoms with Crippen molar-refractivity contribution < 1.29 is 20.1 Å². The molecule has 0 N–H and O–H groups in total.